The smallest absolute Gasteiger partial charge is 0.269 e. The van der Waals surface area contributed by atoms with Gasteiger partial charge in [0.2, 0.25) is 0 Å². The van der Waals surface area contributed by atoms with Gasteiger partial charge >= 0.3 is 0 Å². The minimum atomic E-state index is -0.181. The van der Waals surface area contributed by atoms with Crippen molar-refractivity contribution in [3.63, 3.8) is 0 Å². The van der Waals surface area contributed by atoms with E-state index < -0.39 is 0 Å². The highest BCUT2D eigenvalue weighted by atomic mass is 16.2. The molecule has 4 rings (SSSR count). The van der Waals surface area contributed by atoms with Crippen LogP contribution in [0.3, 0.4) is 0 Å². The summed E-state index contributed by atoms with van der Waals surface area (Å²) in [4.78, 5) is 16.7. The third-order valence-corrected chi connectivity index (χ3v) is 4.48. The molecule has 3 aromatic heterocycles. The standard InChI is InChI=1S/C22H22N8O/c1-30-18(15-17(29-30)16-7-3-2-4-8-16)22(31)25-14-13-24-20-10-11-21(28-27-20)26-19-9-5-6-12-23-19/h2-12,15H,13-14H2,1H3,(H,24,27)(H,25,31)(H,23,26,28). The molecular formula is C22H22N8O. The molecule has 0 bridgehead atoms. The molecular weight excluding hydrogens is 392 g/mol. The van der Waals surface area contributed by atoms with Crippen LogP contribution in [-0.4, -0.2) is 44.0 Å². The lowest BCUT2D eigenvalue weighted by molar-refractivity contribution is 0.0946. The maximum absolute atomic E-state index is 12.5. The number of aromatic nitrogens is 5. The third-order valence-electron chi connectivity index (χ3n) is 4.48. The lowest BCUT2D eigenvalue weighted by Crippen LogP contribution is -2.30. The topological polar surface area (TPSA) is 110 Å². The summed E-state index contributed by atoms with van der Waals surface area (Å²) in [5.41, 5.74) is 2.24. The van der Waals surface area contributed by atoms with Crippen molar-refractivity contribution >= 4 is 23.4 Å². The monoisotopic (exact) mass is 414 g/mol. The molecule has 0 aliphatic rings. The molecule has 4 aromatic rings. The summed E-state index contributed by atoms with van der Waals surface area (Å²) >= 11 is 0. The average Bonchev–Trinajstić information content (AvgIpc) is 3.21. The quantitative estimate of drug-likeness (QED) is 0.380. The number of hydrogen-bond donors (Lipinski definition) is 3. The van der Waals surface area contributed by atoms with Crippen molar-refractivity contribution in [3.05, 3.63) is 78.6 Å². The Balaban J connectivity index is 1.25. The normalized spacial score (nSPS) is 10.5. The summed E-state index contributed by atoms with van der Waals surface area (Å²) in [5.74, 6) is 1.74. The van der Waals surface area contributed by atoms with Crippen LogP contribution < -0.4 is 16.0 Å². The lowest BCUT2D eigenvalue weighted by Gasteiger charge is -2.08. The number of benzene rings is 1. The van der Waals surface area contributed by atoms with Gasteiger partial charge in [0.05, 0.1) is 5.69 Å². The Kier molecular flexibility index (Phi) is 6.13. The van der Waals surface area contributed by atoms with Crippen LogP contribution >= 0.6 is 0 Å². The fraction of sp³-hybridized carbons (Fsp3) is 0.136. The Hall–Kier alpha value is -4.27. The molecule has 156 valence electrons. The van der Waals surface area contributed by atoms with E-state index in [9.17, 15) is 4.79 Å². The van der Waals surface area contributed by atoms with E-state index in [1.165, 1.54) is 0 Å². The first kappa shape index (κ1) is 20.0. The number of pyridine rings is 1. The number of carbonyl (C=O) groups is 1. The summed E-state index contributed by atoms with van der Waals surface area (Å²) in [5, 5.41) is 21.8. The highest BCUT2D eigenvalue weighted by Gasteiger charge is 2.13. The molecule has 3 N–H and O–H groups in total. The second-order valence-corrected chi connectivity index (χ2v) is 6.73. The fourth-order valence-corrected chi connectivity index (χ4v) is 2.95. The van der Waals surface area contributed by atoms with E-state index in [4.69, 9.17) is 0 Å². The molecule has 9 heteroatoms. The second-order valence-electron chi connectivity index (χ2n) is 6.73. The van der Waals surface area contributed by atoms with E-state index in [1.807, 2.05) is 60.7 Å². The number of anilines is 3. The molecule has 0 unspecified atom stereocenters. The average molecular weight is 414 g/mol. The van der Waals surface area contributed by atoms with Crippen LogP contribution in [0.4, 0.5) is 17.5 Å². The minimum Gasteiger partial charge on any atom is -0.367 e. The summed E-state index contributed by atoms with van der Waals surface area (Å²) in [6.07, 6.45) is 1.70. The van der Waals surface area contributed by atoms with Gasteiger partial charge < -0.3 is 16.0 Å². The zero-order valence-electron chi connectivity index (χ0n) is 17.0. The predicted molar refractivity (Wildman–Crippen MR) is 119 cm³/mol. The van der Waals surface area contributed by atoms with Gasteiger partial charge in [-0.3, -0.25) is 9.48 Å². The van der Waals surface area contributed by atoms with Crippen LogP contribution in [0.5, 0.6) is 0 Å². The molecule has 9 nitrogen and oxygen atoms in total. The van der Waals surface area contributed by atoms with Crippen molar-refractivity contribution in [3.8, 4) is 11.3 Å². The molecule has 0 aliphatic carbocycles. The summed E-state index contributed by atoms with van der Waals surface area (Å²) < 4.78 is 1.59. The van der Waals surface area contributed by atoms with Gasteiger partial charge in [0, 0.05) is 31.9 Å². The fourth-order valence-electron chi connectivity index (χ4n) is 2.95. The molecule has 0 saturated carbocycles. The predicted octanol–water partition coefficient (Wildman–Crippen LogP) is 2.86. The van der Waals surface area contributed by atoms with Gasteiger partial charge in [-0.2, -0.15) is 5.10 Å². The molecule has 0 aliphatic heterocycles. The van der Waals surface area contributed by atoms with Crippen LogP contribution in [0.2, 0.25) is 0 Å². The Bertz CT molecular complexity index is 1130. The largest absolute Gasteiger partial charge is 0.367 e. The zero-order valence-corrected chi connectivity index (χ0v) is 17.0. The lowest BCUT2D eigenvalue weighted by atomic mass is 10.1. The van der Waals surface area contributed by atoms with Crippen molar-refractivity contribution in [1.29, 1.82) is 0 Å². The van der Waals surface area contributed by atoms with Crippen LogP contribution in [0.1, 0.15) is 10.5 Å². The zero-order chi connectivity index (χ0) is 21.5. The molecule has 0 radical (unpaired) electrons. The van der Waals surface area contributed by atoms with Crippen LogP contribution in [-0.2, 0) is 7.05 Å². The number of carbonyl (C=O) groups excluding carboxylic acids is 1. The number of rotatable bonds is 8. The second kappa shape index (κ2) is 9.49. The van der Waals surface area contributed by atoms with Crippen molar-refractivity contribution in [2.75, 3.05) is 23.7 Å². The minimum absolute atomic E-state index is 0.181. The van der Waals surface area contributed by atoms with Crippen LogP contribution in [0, 0.1) is 0 Å². The summed E-state index contributed by atoms with van der Waals surface area (Å²) in [6.45, 7) is 0.942. The Labute approximate surface area is 179 Å². The Morgan fingerprint density at radius 1 is 0.903 bits per heavy atom. The SMILES string of the molecule is Cn1nc(-c2ccccc2)cc1C(=O)NCCNc1ccc(Nc2ccccn2)nn1. The molecule has 1 aromatic carbocycles. The molecule has 3 heterocycles. The van der Waals surface area contributed by atoms with E-state index in [1.54, 1.807) is 24.0 Å². The Morgan fingerprint density at radius 3 is 2.42 bits per heavy atom. The van der Waals surface area contributed by atoms with E-state index in [-0.39, 0.29) is 5.91 Å². The van der Waals surface area contributed by atoms with Gasteiger partial charge in [-0.05, 0) is 30.3 Å². The van der Waals surface area contributed by atoms with Crippen molar-refractivity contribution in [2.45, 2.75) is 0 Å². The maximum Gasteiger partial charge on any atom is 0.269 e. The first-order valence-corrected chi connectivity index (χ1v) is 9.82. The number of hydrogen-bond acceptors (Lipinski definition) is 7. The third kappa shape index (κ3) is 5.21. The maximum atomic E-state index is 12.5. The van der Waals surface area contributed by atoms with E-state index in [0.29, 0.717) is 36.2 Å². The molecule has 0 spiro atoms. The highest BCUT2D eigenvalue weighted by molar-refractivity contribution is 5.93. The molecule has 0 saturated heterocycles. The van der Waals surface area contributed by atoms with Gasteiger partial charge in [0.15, 0.2) is 5.82 Å². The van der Waals surface area contributed by atoms with Crippen molar-refractivity contribution in [2.24, 2.45) is 7.05 Å². The van der Waals surface area contributed by atoms with E-state index in [2.05, 4.69) is 36.2 Å². The number of nitrogens with one attached hydrogen (secondary N) is 3. The molecule has 0 atom stereocenters. The van der Waals surface area contributed by atoms with E-state index >= 15 is 0 Å². The van der Waals surface area contributed by atoms with Gasteiger partial charge in [-0.1, -0.05) is 36.4 Å². The highest BCUT2D eigenvalue weighted by Crippen LogP contribution is 2.18. The van der Waals surface area contributed by atoms with Crippen LogP contribution in [0.25, 0.3) is 11.3 Å². The molecule has 31 heavy (non-hydrogen) atoms. The summed E-state index contributed by atoms with van der Waals surface area (Å²) in [6, 6.07) is 20.8. The van der Waals surface area contributed by atoms with Crippen molar-refractivity contribution in [1.82, 2.24) is 30.3 Å². The Morgan fingerprint density at radius 2 is 1.68 bits per heavy atom. The molecule has 1 amide bonds. The first-order valence-electron chi connectivity index (χ1n) is 9.82. The summed E-state index contributed by atoms with van der Waals surface area (Å²) in [7, 11) is 1.76. The van der Waals surface area contributed by atoms with Gasteiger partial charge in [-0.25, -0.2) is 4.98 Å². The van der Waals surface area contributed by atoms with Gasteiger partial charge in [-0.15, -0.1) is 10.2 Å². The molecule has 0 fully saturated rings. The first-order chi connectivity index (χ1) is 15.2. The van der Waals surface area contributed by atoms with Crippen molar-refractivity contribution < 1.29 is 4.79 Å². The van der Waals surface area contributed by atoms with Gasteiger partial charge in [0.1, 0.15) is 17.3 Å². The number of aryl methyl sites for hydroxylation is 1. The number of amides is 1. The van der Waals surface area contributed by atoms with Gasteiger partial charge in [0.25, 0.3) is 5.91 Å². The van der Waals surface area contributed by atoms with Crippen LogP contribution in [0.15, 0.2) is 72.9 Å². The number of nitrogens with zero attached hydrogens (tertiary/aromatic N) is 5. The van der Waals surface area contributed by atoms with E-state index in [0.717, 1.165) is 11.3 Å².